The van der Waals surface area contributed by atoms with Gasteiger partial charge in [0.15, 0.2) is 5.82 Å². The lowest BCUT2D eigenvalue weighted by atomic mass is 9.92. The van der Waals surface area contributed by atoms with Gasteiger partial charge in [0, 0.05) is 38.2 Å². The Morgan fingerprint density at radius 3 is 2.85 bits per heavy atom. The normalized spacial score (nSPS) is 24.9. The van der Waals surface area contributed by atoms with E-state index in [4.69, 9.17) is 4.74 Å². The number of hydrogen-bond donors (Lipinski definition) is 1. The first-order valence-corrected chi connectivity index (χ1v) is 9.72. The zero-order valence-electron chi connectivity index (χ0n) is 15.5. The summed E-state index contributed by atoms with van der Waals surface area (Å²) in [6, 6.07) is 5.08. The van der Waals surface area contributed by atoms with E-state index in [-0.39, 0.29) is 5.56 Å². The number of ether oxygens (including phenoxy) is 1. The average Bonchev–Trinajstić information content (AvgIpc) is 3.20. The topological polar surface area (TPSA) is 85.4 Å². The lowest BCUT2D eigenvalue weighted by Crippen LogP contribution is -2.50. The van der Waals surface area contributed by atoms with Gasteiger partial charge in [-0.3, -0.25) is 4.79 Å². The fourth-order valence-electron chi connectivity index (χ4n) is 4.05. The first-order chi connectivity index (χ1) is 13.1. The number of β-amino-alcohol motifs (C(OH)–C–C–N with tert-alkyl or cyclic N) is 1. The Morgan fingerprint density at radius 2 is 2.15 bits per heavy atom. The van der Waals surface area contributed by atoms with Gasteiger partial charge in [0.25, 0.3) is 5.56 Å². The van der Waals surface area contributed by atoms with E-state index >= 15 is 0 Å². The molecule has 2 aliphatic rings. The molecule has 0 amide bonds. The van der Waals surface area contributed by atoms with Gasteiger partial charge in [-0.25, -0.2) is 9.36 Å². The molecule has 2 saturated heterocycles. The highest BCUT2D eigenvalue weighted by atomic mass is 16.5. The van der Waals surface area contributed by atoms with Crippen molar-refractivity contribution < 1.29 is 9.84 Å². The lowest BCUT2D eigenvalue weighted by Gasteiger charge is -2.39. The highest BCUT2D eigenvalue weighted by molar-refractivity contribution is 5.17. The molecule has 0 saturated carbocycles. The Hall–Kier alpha value is -2.03. The molecule has 0 aromatic carbocycles. The summed E-state index contributed by atoms with van der Waals surface area (Å²) >= 11 is 0. The van der Waals surface area contributed by atoms with Gasteiger partial charge in [0.05, 0.1) is 6.61 Å². The maximum atomic E-state index is 12.2. The predicted octanol–water partition coefficient (Wildman–Crippen LogP) is 0.682. The average molecular weight is 373 g/mol. The Morgan fingerprint density at radius 1 is 1.30 bits per heavy atom. The van der Waals surface area contributed by atoms with Crippen LogP contribution < -0.4 is 5.56 Å². The third-order valence-electron chi connectivity index (χ3n) is 5.55. The van der Waals surface area contributed by atoms with Crippen molar-refractivity contribution >= 4 is 0 Å². The number of aliphatic hydroxyl groups is 1. The molecule has 146 valence electrons. The van der Waals surface area contributed by atoms with Crippen molar-refractivity contribution in [2.45, 2.75) is 37.8 Å². The maximum absolute atomic E-state index is 12.2. The third kappa shape index (κ3) is 4.45. The first kappa shape index (κ1) is 18.3. The Labute approximate surface area is 158 Å². The first-order valence-electron chi connectivity index (χ1n) is 9.72. The summed E-state index contributed by atoms with van der Waals surface area (Å²) in [5.41, 5.74) is -0.788. The number of hydrogen-bond acceptors (Lipinski definition) is 6. The maximum Gasteiger partial charge on any atom is 0.266 e. The molecule has 0 aliphatic carbocycles. The molecule has 4 heterocycles. The smallest absolute Gasteiger partial charge is 0.266 e. The molecule has 0 bridgehead atoms. The molecule has 2 aliphatic heterocycles. The summed E-state index contributed by atoms with van der Waals surface area (Å²) in [7, 11) is 0. The van der Waals surface area contributed by atoms with E-state index in [2.05, 4.69) is 15.1 Å². The molecule has 4 rings (SSSR count). The SMILES string of the molecule is O=c1ccc(-n2cccn2)nn1CC1CCN(CC2(O)CCCOC2)CC1. The van der Waals surface area contributed by atoms with Crippen molar-refractivity contribution in [3.63, 3.8) is 0 Å². The van der Waals surface area contributed by atoms with Gasteiger partial charge in [0.1, 0.15) is 5.60 Å². The quantitative estimate of drug-likeness (QED) is 0.830. The number of nitrogens with zero attached hydrogens (tertiary/aromatic N) is 5. The van der Waals surface area contributed by atoms with Crippen molar-refractivity contribution in [3.05, 3.63) is 40.9 Å². The van der Waals surface area contributed by atoms with Gasteiger partial charge in [-0.1, -0.05) is 0 Å². The Balaban J connectivity index is 1.34. The summed E-state index contributed by atoms with van der Waals surface area (Å²) in [5.74, 6) is 1.06. The van der Waals surface area contributed by atoms with E-state index in [9.17, 15) is 9.90 Å². The van der Waals surface area contributed by atoms with Crippen LogP contribution >= 0.6 is 0 Å². The molecular formula is C19H27N5O3. The monoisotopic (exact) mass is 373 g/mol. The van der Waals surface area contributed by atoms with Gasteiger partial charge in [-0.05, 0) is 56.8 Å². The largest absolute Gasteiger partial charge is 0.386 e. The minimum Gasteiger partial charge on any atom is -0.386 e. The van der Waals surface area contributed by atoms with Crippen molar-refractivity contribution in [3.8, 4) is 5.82 Å². The summed E-state index contributed by atoms with van der Waals surface area (Å²) < 4.78 is 8.67. The van der Waals surface area contributed by atoms with Crippen LogP contribution in [0.4, 0.5) is 0 Å². The van der Waals surface area contributed by atoms with Gasteiger partial charge < -0.3 is 14.7 Å². The van der Waals surface area contributed by atoms with Crippen LogP contribution in [0.3, 0.4) is 0 Å². The van der Waals surface area contributed by atoms with Gasteiger partial charge in [-0.15, -0.1) is 5.10 Å². The molecule has 8 nitrogen and oxygen atoms in total. The van der Waals surface area contributed by atoms with E-state index < -0.39 is 5.60 Å². The Kier molecular flexibility index (Phi) is 5.38. The van der Waals surface area contributed by atoms with Gasteiger partial charge in [-0.2, -0.15) is 5.10 Å². The highest BCUT2D eigenvalue weighted by Gasteiger charge is 2.33. The molecule has 2 aromatic heterocycles. The third-order valence-corrected chi connectivity index (χ3v) is 5.55. The molecule has 2 fully saturated rings. The lowest BCUT2D eigenvalue weighted by molar-refractivity contribution is -0.103. The predicted molar refractivity (Wildman–Crippen MR) is 99.8 cm³/mol. The highest BCUT2D eigenvalue weighted by Crippen LogP contribution is 2.24. The van der Waals surface area contributed by atoms with Crippen LogP contribution in [-0.4, -0.2) is 68.0 Å². The number of likely N-dealkylation sites (tertiary alicyclic amines) is 1. The summed E-state index contributed by atoms with van der Waals surface area (Å²) in [6.45, 7) is 4.35. The van der Waals surface area contributed by atoms with Crippen molar-refractivity contribution in [1.82, 2.24) is 24.5 Å². The van der Waals surface area contributed by atoms with Gasteiger partial charge in [0.2, 0.25) is 0 Å². The van der Waals surface area contributed by atoms with E-state index in [0.717, 1.165) is 45.4 Å². The minimum atomic E-state index is -0.707. The molecule has 1 N–H and O–H groups in total. The number of aromatic nitrogens is 4. The second kappa shape index (κ2) is 7.92. The zero-order chi connectivity index (χ0) is 18.7. The fourth-order valence-corrected chi connectivity index (χ4v) is 4.05. The molecule has 2 aromatic rings. The molecule has 8 heteroatoms. The Bertz CT molecular complexity index is 790. The molecule has 1 atom stereocenters. The van der Waals surface area contributed by atoms with Crippen LogP contribution in [0.2, 0.25) is 0 Å². The van der Waals surface area contributed by atoms with Crippen LogP contribution in [0.15, 0.2) is 35.4 Å². The molecule has 1 unspecified atom stereocenters. The van der Waals surface area contributed by atoms with Crippen LogP contribution in [0.25, 0.3) is 5.82 Å². The fraction of sp³-hybridized carbons (Fsp3) is 0.632. The molecule has 0 spiro atoms. The van der Waals surface area contributed by atoms with Gasteiger partial charge >= 0.3 is 0 Å². The molecular weight excluding hydrogens is 346 g/mol. The number of piperidine rings is 1. The summed E-state index contributed by atoms with van der Waals surface area (Å²) in [6.07, 6.45) is 7.24. The van der Waals surface area contributed by atoms with E-state index in [0.29, 0.717) is 31.4 Å². The van der Waals surface area contributed by atoms with Crippen molar-refractivity contribution in [2.24, 2.45) is 5.92 Å². The van der Waals surface area contributed by atoms with Crippen LogP contribution in [0, 0.1) is 5.92 Å². The second-order valence-corrected chi connectivity index (χ2v) is 7.76. The van der Waals surface area contributed by atoms with Crippen LogP contribution in [-0.2, 0) is 11.3 Å². The molecule has 27 heavy (non-hydrogen) atoms. The minimum absolute atomic E-state index is 0.0815. The second-order valence-electron chi connectivity index (χ2n) is 7.76. The summed E-state index contributed by atoms with van der Waals surface area (Å²) in [5, 5.41) is 19.3. The summed E-state index contributed by atoms with van der Waals surface area (Å²) in [4.78, 5) is 14.5. The number of rotatable bonds is 5. The van der Waals surface area contributed by atoms with Crippen molar-refractivity contribution in [1.29, 1.82) is 0 Å². The molecule has 0 radical (unpaired) electrons. The van der Waals surface area contributed by atoms with E-state index in [1.807, 2.05) is 12.3 Å². The van der Waals surface area contributed by atoms with Crippen LogP contribution in [0.1, 0.15) is 25.7 Å². The van der Waals surface area contributed by atoms with E-state index in [1.54, 1.807) is 27.7 Å². The van der Waals surface area contributed by atoms with Crippen LogP contribution in [0.5, 0.6) is 0 Å². The van der Waals surface area contributed by atoms with E-state index in [1.165, 1.54) is 0 Å². The van der Waals surface area contributed by atoms with Crippen molar-refractivity contribution in [2.75, 3.05) is 32.8 Å². The standard InChI is InChI=1S/C19H27N5O3/c25-18-4-3-17(23-9-2-8-20-23)21-24(18)13-16-5-10-22(11-6-16)14-19(26)7-1-12-27-15-19/h2-4,8-9,16,26H,1,5-7,10-15H2. The zero-order valence-corrected chi connectivity index (χ0v) is 15.5.